The number of anilines is 1. The summed E-state index contributed by atoms with van der Waals surface area (Å²) >= 11 is 1.67. The first-order chi connectivity index (χ1) is 9.08. The Morgan fingerprint density at radius 3 is 2.84 bits per heavy atom. The second-order valence-corrected chi connectivity index (χ2v) is 5.64. The molecule has 1 amide bonds. The van der Waals surface area contributed by atoms with E-state index in [1.165, 1.54) is 10.4 Å². The van der Waals surface area contributed by atoms with E-state index in [4.69, 9.17) is 5.73 Å². The quantitative estimate of drug-likeness (QED) is 0.842. The van der Waals surface area contributed by atoms with Gasteiger partial charge in [-0.2, -0.15) is 0 Å². The molecule has 0 aliphatic heterocycles. The number of amides is 1. The zero-order valence-electron chi connectivity index (χ0n) is 11.1. The van der Waals surface area contributed by atoms with Crippen LogP contribution >= 0.6 is 11.3 Å². The van der Waals surface area contributed by atoms with Crippen molar-refractivity contribution in [1.82, 2.24) is 5.32 Å². The summed E-state index contributed by atoms with van der Waals surface area (Å²) in [6, 6.07) is 9.53. The fourth-order valence-electron chi connectivity index (χ4n) is 1.89. The van der Waals surface area contributed by atoms with Crippen LogP contribution in [0, 0.1) is 6.92 Å². The lowest BCUT2D eigenvalue weighted by Crippen LogP contribution is -2.27. The van der Waals surface area contributed by atoms with Crippen LogP contribution in [0.2, 0.25) is 0 Å². The SMILES string of the molecule is Cc1ccsc1CNC(=O)C(C)c1cccc(N)c1. The maximum atomic E-state index is 12.1. The average molecular weight is 274 g/mol. The first-order valence-corrected chi connectivity index (χ1v) is 7.12. The lowest BCUT2D eigenvalue weighted by Gasteiger charge is -2.13. The molecule has 1 atom stereocenters. The van der Waals surface area contributed by atoms with Crippen LogP contribution in [0.1, 0.15) is 28.8 Å². The monoisotopic (exact) mass is 274 g/mol. The van der Waals surface area contributed by atoms with Crippen LogP contribution in [0.5, 0.6) is 0 Å². The molecular weight excluding hydrogens is 256 g/mol. The van der Waals surface area contributed by atoms with Crippen molar-refractivity contribution in [3.63, 3.8) is 0 Å². The van der Waals surface area contributed by atoms with Crippen molar-refractivity contribution in [3.8, 4) is 0 Å². The van der Waals surface area contributed by atoms with Crippen molar-refractivity contribution < 1.29 is 4.79 Å². The summed E-state index contributed by atoms with van der Waals surface area (Å²) in [6.45, 7) is 4.54. The van der Waals surface area contributed by atoms with E-state index in [-0.39, 0.29) is 11.8 Å². The minimum atomic E-state index is -0.191. The molecule has 0 saturated heterocycles. The Bertz CT molecular complexity index is 577. The Kier molecular flexibility index (Phi) is 4.22. The molecule has 1 unspecified atom stereocenters. The Labute approximate surface area is 117 Å². The Morgan fingerprint density at radius 1 is 1.42 bits per heavy atom. The van der Waals surface area contributed by atoms with Crippen LogP contribution in [0.25, 0.3) is 0 Å². The molecule has 2 rings (SSSR count). The molecule has 0 spiro atoms. The average Bonchev–Trinajstić information content (AvgIpc) is 2.80. The van der Waals surface area contributed by atoms with E-state index in [1.54, 1.807) is 11.3 Å². The van der Waals surface area contributed by atoms with E-state index in [0.717, 1.165) is 5.56 Å². The molecule has 19 heavy (non-hydrogen) atoms. The highest BCUT2D eigenvalue weighted by Crippen LogP contribution is 2.19. The van der Waals surface area contributed by atoms with E-state index in [1.807, 2.05) is 36.6 Å². The summed E-state index contributed by atoms with van der Waals surface area (Å²) in [5.74, 6) is -0.165. The molecule has 1 aromatic carbocycles. The van der Waals surface area contributed by atoms with Gasteiger partial charge in [-0.25, -0.2) is 0 Å². The van der Waals surface area contributed by atoms with E-state index < -0.39 is 0 Å². The van der Waals surface area contributed by atoms with Gasteiger partial charge in [0.05, 0.1) is 12.5 Å². The summed E-state index contributed by atoms with van der Waals surface area (Å²) in [7, 11) is 0. The number of carbonyl (C=O) groups is 1. The van der Waals surface area contributed by atoms with Gasteiger partial charge in [0.25, 0.3) is 0 Å². The summed E-state index contributed by atoms with van der Waals surface area (Å²) in [6.07, 6.45) is 0. The molecule has 100 valence electrons. The molecule has 2 aromatic rings. The highest BCUT2D eigenvalue weighted by Gasteiger charge is 2.15. The van der Waals surface area contributed by atoms with E-state index in [9.17, 15) is 4.79 Å². The van der Waals surface area contributed by atoms with Crippen LogP contribution < -0.4 is 11.1 Å². The number of carbonyl (C=O) groups excluding carboxylic acids is 1. The number of hydrogen-bond acceptors (Lipinski definition) is 3. The second kappa shape index (κ2) is 5.89. The highest BCUT2D eigenvalue weighted by molar-refractivity contribution is 7.10. The van der Waals surface area contributed by atoms with Gasteiger partial charge in [-0.15, -0.1) is 11.3 Å². The number of nitrogens with one attached hydrogen (secondary N) is 1. The van der Waals surface area contributed by atoms with Gasteiger partial charge < -0.3 is 11.1 Å². The van der Waals surface area contributed by atoms with Gasteiger partial charge in [-0.3, -0.25) is 4.79 Å². The fourth-order valence-corrected chi connectivity index (χ4v) is 2.73. The van der Waals surface area contributed by atoms with Gasteiger partial charge in [-0.1, -0.05) is 12.1 Å². The third kappa shape index (κ3) is 3.35. The Hall–Kier alpha value is -1.81. The zero-order valence-corrected chi connectivity index (χ0v) is 12.0. The molecule has 1 aromatic heterocycles. The van der Waals surface area contributed by atoms with Crippen LogP contribution in [0.15, 0.2) is 35.7 Å². The number of thiophene rings is 1. The van der Waals surface area contributed by atoms with Crippen molar-refractivity contribution in [2.45, 2.75) is 26.3 Å². The predicted molar refractivity (Wildman–Crippen MR) is 80.2 cm³/mol. The molecular formula is C15H18N2OS. The van der Waals surface area contributed by atoms with Crippen molar-refractivity contribution in [1.29, 1.82) is 0 Å². The van der Waals surface area contributed by atoms with Crippen LogP contribution in [-0.4, -0.2) is 5.91 Å². The predicted octanol–water partition coefficient (Wildman–Crippen LogP) is 3.06. The molecule has 3 nitrogen and oxygen atoms in total. The summed E-state index contributed by atoms with van der Waals surface area (Å²) in [4.78, 5) is 13.3. The minimum absolute atomic E-state index is 0.0263. The number of rotatable bonds is 4. The Morgan fingerprint density at radius 2 is 2.21 bits per heavy atom. The van der Waals surface area contributed by atoms with Gasteiger partial charge in [0.15, 0.2) is 0 Å². The van der Waals surface area contributed by atoms with E-state index in [2.05, 4.69) is 18.3 Å². The second-order valence-electron chi connectivity index (χ2n) is 4.64. The molecule has 3 N–H and O–H groups in total. The number of benzene rings is 1. The van der Waals surface area contributed by atoms with Crippen molar-refractivity contribution in [3.05, 3.63) is 51.7 Å². The van der Waals surface area contributed by atoms with Crippen LogP contribution in [-0.2, 0) is 11.3 Å². The fraction of sp³-hybridized carbons (Fsp3) is 0.267. The van der Waals surface area contributed by atoms with Gasteiger partial charge >= 0.3 is 0 Å². The lowest BCUT2D eigenvalue weighted by atomic mass is 10.00. The zero-order chi connectivity index (χ0) is 13.8. The number of aryl methyl sites for hydroxylation is 1. The molecule has 0 bridgehead atoms. The number of hydrogen-bond donors (Lipinski definition) is 2. The summed E-state index contributed by atoms with van der Waals surface area (Å²) < 4.78 is 0. The normalized spacial score (nSPS) is 12.1. The largest absolute Gasteiger partial charge is 0.399 e. The number of nitrogens with two attached hydrogens (primary N) is 1. The number of nitrogen functional groups attached to an aromatic ring is 1. The molecule has 1 heterocycles. The highest BCUT2D eigenvalue weighted by atomic mass is 32.1. The van der Waals surface area contributed by atoms with Crippen LogP contribution in [0.3, 0.4) is 0 Å². The van der Waals surface area contributed by atoms with E-state index >= 15 is 0 Å². The van der Waals surface area contributed by atoms with Crippen molar-refractivity contribution in [2.24, 2.45) is 0 Å². The third-order valence-electron chi connectivity index (χ3n) is 3.20. The smallest absolute Gasteiger partial charge is 0.227 e. The molecule has 0 saturated carbocycles. The van der Waals surface area contributed by atoms with Gasteiger partial charge in [-0.05, 0) is 48.6 Å². The molecule has 0 radical (unpaired) electrons. The van der Waals surface area contributed by atoms with Gasteiger partial charge in [0, 0.05) is 10.6 Å². The summed E-state index contributed by atoms with van der Waals surface area (Å²) in [5, 5.41) is 5.01. The molecule has 0 fully saturated rings. The maximum absolute atomic E-state index is 12.1. The molecule has 0 aliphatic rings. The Balaban J connectivity index is 1.98. The van der Waals surface area contributed by atoms with Crippen molar-refractivity contribution in [2.75, 3.05) is 5.73 Å². The van der Waals surface area contributed by atoms with E-state index in [0.29, 0.717) is 12.2 Å². The van der Waals surface area contributed by atoms with Crippen molar-refractivity contribution >= 4 is 22.9 Å². The summed E-state index contributed by atoms with van der Waals surface area (Å²) in [5.41, 5.74) is 8.59. The van der Waals surface area contributed by atoms with Crippen LogP contribution in [0.4, 0.5) is 5.69 Å². The molecule has 0 aliphatic carbocycles. The molecule has 4 heteroatoms. The maximum Gasteiger partial charge on any atom is 0.227 e. The first-order valence-electron chi connectivity index (χ1n) is 6.24. The lowest BCUT2D eigenvalue weighted by molar-refractivity contribution is -0.122. The van der Waals surface area contributed by atoms with Gasteiger partial charge in [0.2, 0.25) is 5.91 Å². The third-order valence-corrected chi connectivity index (χ3v) is 4.22. The first kappa shape index (κ1) is 13.6. The standard InChI is InChI=1S/C15H18N2OS/c1-10-6-7-19-14(10)9-17-15(18)11(2)12-4-3-5-13(16)8-12/h3-8,11H,9,16H2,1-2H3,(H,17,18). The topological polar surface area (TPSA) is 55.1 Å². The van der Waals surface area contributed by atoms with Gasteiger partial charge in [0.1, 0.15) is 0 Å². The minimum Gasteiger partial charge on any atom is -0.399 e.